The van der Waals surface area contributed by atoms with Crippen LogP contribution in [0.2, 0.25) is 0 Å². The smallest absolute Gasteiger partial charge is 0.317 e. The van der Waals surface area contributed by atoms with Crippen LogP contribution in [0, 0.1) is 6.92 Å². The summed E-state index contributed by atoms with van der Waals surface area (Å²) in [5.74, 6) is -0.607. The number of likely N-dealkylation sites (N-methyl/N-ethyl adjacent to an activating group) is 1. The Balaban J connectivity index is 0.00000420. The molecule has 6 nitrogen and oxygen atoms in total. The Labute approximate surface area is 181 Å². The number of nitrogens with zero attached hydrogens (tertiary/aromatic N) is 3. The minimum Gasteiger partial charge on any atom is -0.480 e. The van der Waals surface area contributed by atoms with E-state index in [2.05, 4.69) is 43.0 Å². The number of carboxylic acids is 1. The molecule has 0 aliphatic carbocycles. The number of hydrogen-bond donors (Lipinski definition) is 1. The number of hydrogen-bond acceptors (Lipinski definition) is 4. The Morgan fingerprint density at radius 3 is 2.48 bits per heavy atom. The fraction of sp³-hybridized carbons (Fsp3) is 0.636. The van der Waals surface area contributed by atoms with E-state index >= 15 is 0 Å². The lowest BCUT2D eigenvalue weighted by Crippen LogP contribution is -2.41. The number of aliphatic carboxylic acids is 1. The van der Waals surface area contributed by atoms with E-state index in [1.807, 2.05) is 16.8 Å². The molecule has 164 valence electrons. The molecule has 0 bridgehead atoms. The summed E-state index contributed by atoms with van der Waals surface area (Å²) in [7, 11) is 1.88. The van der Waals surface area contributed by atoms with Crippen molar-refractivity contribution >= 4 is 24.3 Å². The highest BCUT2D eigenvalue weighted by Crippen LogP contribution is 2.16. The monoisotopic (exact) mass is 425 g/mol. The van der Waals surface area contributed by atoms with Crippen molar-refractivity contribution in [3.63, 3.8) is 0 Å². The summed E-state index contributed by atoms with van der Waals surface area (Å²) in [6, 6.07) is 8.65. The van der Waals surface area contributed by atoms with Crippen LogP contribution in [0.5, 0.6) is 0 Å². The zero-order chi connectivity index (χ0) is 20.5. The van der Waals surface area contributed by atoms with Crippen LogP contribution in [-0.2, 0) is 16.1 Å². The normalized spacial score (nSPS) is 17.4. The second-order valence-corrected chi connectivity index (χ2v) is 7.97. The van der Waals surface area contributed by atoms with Crippen LogP contribution in [0.4, 0.5) is 0 Å². The topological polar surface area (TPSA) is 64.1 Å². The average molecular weight is 426 g/mol. The molecule has 1 aromatic rings. The van der Waals surface area contributed by atoms with E-state index in [4.69, 9.17) is 5.11 Å². The summed E-state index contributed by atoms with van der Waals surface area (Å²) in [5, 5.41) is 9.00. The Bertz CT molecular complexity index is 639. The number of likely N-dealkylation sites (tertiary alicyclic amines) is 1. The van der Waals surface area contributed by atoms with Gasteiger partial charge in [-0.2, -0.15) is 0 Å². The number of carbonyl (C=O) groups excluding carboxylic acids is 1. The highest BCUT2D eigenvalue weighted by atomic mass is 35.5. The molecule has 0 saturated carbocycles. The van der Waals surface area contributed by atoms with Crippen molar-refractivity contribution in [1.29, 1.82) is 0 Å². The first kappa shape index (κ1) is 25.4. The number of aryl methyl sites for hydroxylation is 1. The van der Waals surface area contributed by atoms with Crippen LogP contribution >= 0.6 is 12.4 Å². The Hall–Kier alpha value is -1.63. The molecular formula is C22H36ClN3O3. The van der Waals surface area contributed by atoms with Crippen molar-refractivity contribution in [1.82, 2.24) is 14.7 Å². The van der Waals surface area contributed by atoms with Crippen molar-refractivity contribution in [3.05, 3.63) is 35.4 Å². The van der Waals surface area contributed by atoms with Crippen LogP contribution in [0.3, 0.4) is 0 Å². The standard InChI is InChI=1S/C22H35N3O3.ClH/c1-4-12-25(15-19-9-7-18(2)8-10-19)21(26)16-24-13-5-6-20(11-14-24)23(3)17-22(27)28;/h7-10,20H,4-6,11-17H2,1-3H3,(H,27,28);1H. The van der Waals surface area contributed by atoms with Gasteiger partial charge in [0.25, 0.3) is 0 Å². The maximum atomic E-state index is 12.9. The van der Waals surface area contributed by atoms with E-state index in [-0.39, 0.29) is 30.9 Å². The van der Waals surface area contributed by atoms with Crippen LogP contribution in [-0.4, -0.2) is 77.5 Å². The first-order chi connectivity index (χ1) is 13.4. The minimum atomic E-state index is -0.787. The molecule has 7 heteroatoms. The van der Waals surface area contributed by atoms with Gasteiger partial charge in [0.1, 0.15) is 0 Å². The maximum Gasteiger partial charge on any atom is 0.317 e. The second-order valence-electron chi connectivity index (χ2n) is 7.97. The lowest BCUT2D eigenvalue weighted by molar-refractivity contribution is -0.138. The largest absolute Gasteiger partial charge is 0.480 e. The summed E-state index contributed by atoms with van der Waals surface area (Å²) >= 11 is 0. The molecule has 1 atom stereocenters. The fourth-order valence-corrected chi connectivity index (χ4v) is 3.85. The van der Waals surface area contributed by atoms with E-state index in [1.54, 1.807) is 0 Å². The molecule has 1 aromatic carbocycles. The molecule has 2 rings (SSSR count). The van der Waals surface area contributed by atoms with E-state index in [1.165, 1.54) is 11.1 Å². The van der Waals surface area contributed by atoms with Crippen molar-refractivity contribution < 1.29 is 14.7 Å². The van der Waals surface area contributed by atoms with Crippen LogP contribution < -0.4 is 0 Å². The third-order valence-electron chi connectivity index (χ3n) is 5.50. The molecular weight excluding hydrogens is 390 g/mol. The van der Waals surface area contributed by atoms with E-state index in [0.29, 0.717) is 13.1 Å². The average Bonchev–Trinajstić information content (AvgIpc) is 2.88. The molecule has 0 spiro atoms. The molecule has 1 fully saturated rings. The first-order valence-electron chi connectivity index (χ1n) is 10.4. The van der Waals surface area contributed by atoms with Crippen LogP contribution in [0.1, 0.15) is 43.7 Å². The molecule has 1 aliphatic rings. The summed E-state index contributed by atoms with van der Waals surface area (Å²) in [4.78, 5) is 30.0. The molecule has 0 radical (unpaired) electrons. The molecule has 1 saturated heterocycles. The van der Waals surface area contributed by atoms with Gasteiger partial charge in [-0.1, -0.05) is 36.8 Å². The molecule has 29 heavy (non-hydrogen) atoms. The van der Waals surface area contributed by atoms with E-state index < -0.39 is 5.97 Å². The quantitative estimate of drug-likeness (QED) is 0.658. The zero-order valence-electron chi connectivity index (χ0n) is 18.0. The third kappa shape index (κ3) is 8.72. The molecule has 1 aliphatic heterocycles. The van der Waals surface area contributed by atoms with Crippen LogP contribution in [0.15, 0.2) is 24.3 Å². The number of amides is 1. The lowest BCUT2D eigenvalue weighted by atomic mass is 10.1. The minimum absolute atomic E-state index is 0. The summed E-state index contributed by atoms with van der Waals surface area (Å²) in [6.07, 6.45) is 3.83. The molecule has 1 amide bonds. The van der Waals surface area contributed by atoms with E-state index in [0.717, 1.165) is 45.3 Å². The second kappa shape index (κ2) is 12.8. The number of rotatable bonds is 9. The number of carbonyl (C=O) groups is 2. The van der Waals surface area contributed by atoms with Crippen LogP contribution in [0.25, 0.3) is 0 Å². The van der Waals surface area contributed by atoms with Crippen molar-refractivity contribution in [2.75, 3.05) is 39.8 Å². The van der Waals surface area contributed by atoms with Crippen molar-refractivity contribution in [2.24, 2.45) is 0 Å². The van der Waals surface area contributed by atoms with Gasteiger partial charge in [0, 0.05) is 25.7 Å². The van der Waals surface area contributed by atoms with Gasteiger partial charge in [0.2, 0.25) is 5.91 Å². The van der Waals surface area contributed by atoms with Gasteiger partial charge >= 0.3 is 5.97 Å². The summed E-state index contributed by atoms with van der Waals surface area (Å²) in [5.41, 5.74) is 2.39. The highest BCUT2D eigenvalue weighted by molar-refractivity contribution is 5.85. The maximum absolute atomic E-state index is 12.9. The number of carboxylic acid groups (broad SMARTS) is 1. The predicted octanol–water partition coefficient (Wildman–Crippen LogP) is 3.03. The van der Waals surface area contributed by atoms with Gasteiger partial charge in [-0.15, -0.1) is 12.4 Å². The molecule has 1 N–H and O–H groups in total. The molecule has 1 unspecified atom stereocenters. The van der Waals surface area contributed by atoms with Gasteiger partial charge in [-0.3, -0.25) is 19.4 Å². The first-order valence-corrected chi connectivity index (χ1v) is 10.4. The number of benzene rings is 1. The SMILES string of the molecule is CCCN(Cc1ccc(C)cc1)C(=O)CN1CCCC(N(C)CC(=O)O)CC1.Cl. The fourth-order valence-electron chi connectivity index (χ4n) is 3.85. The third-order valence-corrected chi connectivity index (χ3v) is 5.50. The summed E-state index contributed by atoms with van der Waals surface area (Å²) < 4.78 is 0. The lowest BCUT2D eigenvalue weighted by Gasteiger charge is -2.27. The van der Waals surface area contributed by atoms with Gasteiger partial charge < -0.3 is 10.0 Å². The molecule has 0 aromatic heterocycles. The van der Waals surface area contributed by atoms with Gasteiger partial charge in [0.15, 0.2) is 0 Å². The van der Waals surface area contributed by atoms with Gasteiger partial charge in [-0.05, 0) is 51.8 Å². The van der Waals surface area contributed by atoms with Gasteiger partial charge in [-0.25, -0.2) is 0 Å². The highest BCUT2D eigenvalue weighted by Gasteiger charge is 2.24. The Morgan fingerprint density at radius 2 is 1.86 bits per heavy atom. The Morgan fingerprint density at radius 1 is 1.17 bits per heavy atom. The van der Waals surface area contributed by atoms with Gasteiger partial charge in [0.05, 0.1) is 13.1 Å². The number of halogens is 1. The zero-order valence-corrected chi connectivity index (χ0v) is 18.8. The molecule has 1 heterocycles. The predicted molar refractivity (Wildman–Crippen MR) is 118 cm³/mol. The van der Waals surface area contributed by atoms with E-state index in [9.17, 15) is 9.59 Å². The van der Waals surface area contributed by atoms with Crippen molar-refractivity contribution in [3.8, 4) is 0 Å². The Kier molecular flexibility index (Phi) is 11.2. The summed E-state index contributed by atoms with van der Waals surface area (Å²) in [6.45, 7) is 7.85. The van der Waals surface area contributed by atoms with Crippen molar-refractivity contribution in [2.45, 2.75) is 52.1 Å².